The number of halogens is 2. The average Bonchev–Trinajstić information content (AvgIpc) is 3.39. The van der Waals surface area contributed by atoms with Gasteiger partial charge in [-0.3, -0.25) is 4.79 Å². The van der Waals surface area contributed by atoms with Gasteiger partial charge in [0.1, 0.15) is 11.3 Å². The highest BCUT2D eigenvalue weighted by Gasteiger charge is 2.35. The Hall–Kier alpha value is -2.36. The van der Waals surface area contributed by atoms with Crippen LogP contribution < -0.4 is 15.1 Å². The molecule has 2 fully saturated rings. The van der Waals surface area contributed by atoms with Gasteiger partial charge in [0.25, 0.3) is 0 Å². The van der Waals surface area contributed by atoms with Crippen molar-refractivity contribution in [2.75, 3.05) is 39.2 Å². The third-order valence-corrected chi connectivity index (χ3v) is 5.48. The van der Waals surface area contributed by atoms with Crippen molar-refractivity contribution in [3.8, 4) is 5.75 Å². The molecule has 1 aromatic carbocycles. The number of anilines is 1. The number of fused-ring (bicyclic) bond motifs is 1. The molecule has 1 aromatic heterocycles. The topological polar surface area (TPSA) is 107 Å². The van der Waals surface area contributed by atoms with Gasteiger partial charge in [-0.25, -0.2) is 9.18 Å². The number of carboxylic acids is 1. The van der Waals surface area contributed by atoms with E-state index in [0.29, 0.717) is 36.1 Å². The second-order valence-electron chi connectivity index (χ2n) is 7.47. The molecule has 0 radical (unpaired) electrons. The number of aromatic nitrogens is 1. The fourth-order valence-corrected chi connectivity index (χ4v) is 3.69. The molecule has 29 heavy (non-hydrogen) atoms. The first-order chi connectivity index (χ1) is 12.8. The summed E-state index contributed by atoms with van der Waals surface area (Å²) in [5.41, 5.74) is -0.229. The number of likely N-dealkylation sites (N-methyl/N-ethyl adjacent to an activating group) is 1. The summed E-state index contributed by atoms with van der Waals surface area (Å²) < 4.78 is 22.3. The Morgan fingerprint density at radius 2 is 1.93 bits per heavy atom. The number of rotatable bonds is 5. The highest BCUT2D eigenvalue weighted by Crippen LogP contribution is 2.44. The molecule has 2 aromatic rings. The Labute approximate surface area is 173 Å². The van der Waals surface area contributed by atoms with Gasteiger partial charge in [0, 0.05) is 31.4 Å². The number of carbonyl (C=O) groups is 1. The third-order valence-electron chi connectivity index (χ3n) is 5.48. The smallest absolute Gasteiger partial charge is 0.341 e. The Balaban J connectivity index is 0.00000150. The van der Waals surface area contributed by atoms with E-state index in [4.69, 9.17) is 4.74 Å². The normalized spacial score (nSPS) is 16.2. The first-order valence-corrected chi connectivity index (χ1v) is 8.93. The summed E-state index contributed by atoms with van der Waals surface area (Å²) in [5, 5.41) is 9.41. The maximum absolute atomic E-state index is 15.0. The van der Waals surface area contributed by atoms with Crippen LogP contribution >= 0.6 is 12.4 Å². The van der Waals surface area contributed by atoms with E-state index >= 15 is 0 Å². The number of benzene rings is 1. The van der Waals surface area contributed by atoms with E-state index in [1.807, 2.05) is 19.0 Å². The van der Waals surface area contributed by atoms with Crippen LogP contribution in [-0.4, -0.2) is 66.4 Å². The minimum absolute atomic E-state index is 0. The quantitative estimate of drug-likeness (QED) is 0.772. The van der Waals surface area contributed by atoms with Crippen molar-refractivity contribution in [3.05, 3.63) is 33.9 Å². The molecular weight excluding hydrogens is 405 g/mol. The number of nitrogens with zero attached hydrogens (tertiary/aromatic N) is 3. The van der Waals surface area contributed by atoms with Crippen LogP contribution in [0, 0.1) is 5.82 Å². The highest BCUT2D eigenvalue weighted by atomic mass is 35.5. The highest BCUT2D eigenvalue weighted by molar-refractivity contribution is 5.97. The van der Waals surface area contributed by atoms with E-state index in [9.17, 15) is 19.1 Å². The summed E-state index contributed by atoms with van der Waals surface area (Å²) in [5.74, 6) is -1.59. The van der Waals surface area contributed by atoms with Gasteiger partial charge in [0.05, 0.1) is 18.0 Å². The minimum Gasteiger partial charge on any atom is -0.492 e. The number of aromatic carboxylic acids is 1. The lowest BCUT2D eigenvalue weighted by atomic mass is 10.0. The van der Waals surface area contributed by atoms with Gasteiger partial charge in [0.15, 0.2) is 11.6 Å². The molecule has 3 N–H and O–H groups in total. The SMILES string of the molecule is COc1c(N2CC(N(C)C)C2)c(F)cc2c(=O)c(C(=O)O)cn(C3CC3)c12.Cl.O. The molecule has 1 aliphatic carbocycles. The molecule has 2 aliphatic rings. The third kappa shape index (κ3) is 3.65. The molecule has 0 amide bonds. The van der Waals surface area contributed by atoms with Crippen molar-refractivity contribution in [3.63, 3.8) is 0 Å². The minimum atomic E-state index is -1.31. The van der Waals surface area contributed by atoms with Crippen LogP contribution in [0.5, 0.6) is 5.75 Å². The lowest BCUT2D eigenvalue weighted by Crippen LogP contribution is -2.57. The van der Waals surface area contributed by atoms with E-state index < -0.39 is 17.2 Å². The van der Waals surface area contributed by atoms with Crippen molar-refractivity contribution in [2.24, 2.45) is 0 Å². The number of methoxy groups -OCH3 is 1. The second-order valence-corrected chi connectivity index (χ2v) is 7.47. The fraction of sp³-hybridized carbons (Fsp3) is 0.474. The monoisotopic (exact) mass is 429 g/mol. The molecule has 160 valence electrons. The van der Waals surface area contributed by atoms with E-state index in [-0.39, 0.29) is 34.9 Å². The summed E-state index contributed by atoms with van der Waals surface area (Å²) in [7, 11) is 5.41. The van der Waals surface area contributed by atoms with Gasteiger partial charge in [-0.2, -0.15) is 0 Å². The maximum Gasteiger partial charge on any atom is 0.341 e. The van der Waals surface area contributed by atoms with E-state index in [2.05, 4.69) is 4.90 Å². The fourth-order valence-electron chi connectivity index (χ4n) is 3.69. The first-order valence-electron chi connectivity index (χ1n) is 8.93. The van der Waals surface area contributed by atoms with Crippen LogP contribution in [0.15, 0.2) is 17.1 Å². The zero-order chi connectivity index (χ0) is 19.5. The number of ether oxygens (including phenoxy) is 1. The largest absolute Gasteiger partial charge is 0.492 e. The van der Waals surface area contributed by atoms with Crippen molar-refractivity contribution < 1.29 is 24.5 Å². The van der Waals surface area contributed by atoms with Crippen LogP contribution in [0.3, 0.4) is 0 Å². The number of hydrogen-bond acceptors (Lipinski definition) is 5. The van der Waals surface area contributed by atoms with Crippen LogP contribution in [0.2, 0.25) is 0 Å². The number of pyridine rings is 1. The van der Waals surface area contributed by atoms with Crippen LogP contribution in [0.1, 0.15) is 29.2 Å². The second kappa shape index (κ2) is 8.17. The predicted molar refractivity (Wildman–Crippen MR) is 110 cm³/mol. The molecule has 4 rings (SSSR count). The lowest BCUT2D eigenvalue weighted by Gasteiger charge is -2.44. The van der Waals surface area contributed by atoms with Crippen molar-refractivity contribution >= 4 is 35.0 Å². The molecule has 8 nitrogen and oxygen atoms in total. The van der Waals surface area contributed by atoms with E-state index in [1.54, 1.807) is 4.57 Å². The zero-order valence-corrected chi connectivity index (χ0v) is 17.3. The molecule has 1 saturated carbocycles. The summed E-state index contributed by atoms with van der Waals surface area (Å²) in [6.45, 7) is 1.32. The Kier molecular flexibility index (Phi) is 6.46. The van der Waals surface area contributed by atoms with Gasteiger partial charge >= 0.3 is 5.97 Å². The molecule has 0 unspecified atom stereocenters. The van der Waals surface area contributed by atoms with Gasteiger partial charge in [-0.05, 0) is 33.0 Å². The Morgan fingerprint density at radius 1 is 1.31 bits per heavy atom. The van der Waals surface area contributed by atoms with Crippen molar-refractivity contribution in [1.29, 1.82) is 0 Å². The summed E-state index contributed by atoms with van der Waals surface area (Å²) in [6, 6.07) is 1.58. The lowest BCUT2D eigenvalue weighted by molar-refractivity contribution is 0.0695. The molecule has 10 heteroatoms. The van der Waals surface area contributed by atoms with Gasteiger partial charge in [-0.1, -0.05) is 0 Å². The van der Waals surface area contributed by atoms with Gasteiger partial charge in [0.2, 0.25) is 5.43 Å². The van der Waals surface area contributed by atoms with Gasteiger partial charge < -0.3 is 29.7 Å². The molecule has 0 bridgehead atoms. The first kappa shape index (κ1) is 22.9. The molecular formula is C19H25ClFN3O5. The molecule has 2 heterocycles. The van der Waals surface area contributed by atoms with Crippen LogP contribution in [0.25, 0.3) is 10.9 Å². The molecule has 0 atom stereocenters. The molecule has 0 spiro atoms. The summed E-state index contributed by atoms with van der Waals surface area (Å²) in [6.07, 6.45) is 3.15. The standard InChI is InChI=1S/C19H22FN3O4.ClH.H2O/c1-21(2)11-7-22(8-11)16-14(20)6-12-15(18(16)27-3)23(10-4-5-10)9-13(17(12)24)19(25)26;;/h6,9-11H,4-5,7-8H2,1-3H3,(H,25,26);1H;1H2. The van der Waals surface area contributed by atoms with E-state index in [0.717, 1.165) is 18.9 Å². The van der Waals surface area contributed by atoms with E-state index in [1.165, 1.54) is 13.3 Å². The Morgan fingerprint density at radius 3 is 2.41 bits per heavy atom. The number of hydrogen-bond donors (Lipinski definition) is 1. The van der Waals surface area contributed by atoms with Crippen molar-refractivity contribution in [1.82, 2.24) is 9.47 Å². The summed E-state index contributed by atoms with van der Waals surface area (Å²) >= 11 is 0. The average molecular weight is 430 g/mol. The Bertz CT molecular complexity index is 1000. The van der Waals surface area contributed by atoms with Crippen molar-refractivity contribution in [2.45, 2.75) is 24.9 Å². The van der Waals surface area contributed by atoms with Gasteiger partial charge in [-0.15, -0.1) is 12.4 Å². The zero-order valence-electron chi connectivity index (χ0n) is 16.4. The van der Waals surface area contributed by atoms with Crippen LogP contribution in [-0.2, 0) is 0 Å². The number of carboxylic acid groups (broad SMARTS) is 1. The summed E-state index contributed by atoms with van der Waals surface area (Å²) in [4.78, 5) is 28.1. The maximum atomic E-state index is 15.0. The van der Waals surface area contributed by atoms with Crippen LogP contribution in [0.4, 0.5) is 10.1 Å². The predicted octanol–water partition coefficient (Wildman–Crippen LogP) is 1.53. The molecule has 1 saturated heterocycles. The molecule has 1 aliphatic heterocycles.